The first-order valence-corrected chi connectivity index (χ1v) is 10.2. The molecule has 1 atom stereocenters. The van der Waals surface area contributed by atoms with Crippen molar-refractivity contribution in [1.82, 2.24) is 9.80 Å². The van der Waals surface area contributed by atoms with Crippen LogP contribution in [0.1, 0.15) is 24.0 Å². The van der Waals surface area contributed by atoms with Gasteiger partial charge in [-0.05, 0) is 54.5 Å². The Balaban J connectivity index is 1.32. The molecule has 27 heavy (non-hydrogen) atoms. The molecule has 0 spiro atoms. The first-order valence-electron chi connectivity index (χ1n) is 9.78. The number of anilines is 1. The molecule has 0 saturated carbocycles. The van der Waals surface area contributed by atoms with Gasteiger partial charge < -0.3 is 10.2 Å². The van der Waals surface area contributed by atoms with E-state index in [2.05, 4.69) is 34.5 Å². The van der Waals surface area contributed by atoms with Crippen LogP contribution in [0.15, 0.2) is 48.5 Å². The molecular formula is C22H26ClN3O. The van der Waals surface area contributed by atoms with Gasteiger partial charge in [0.2, 0.25) is 0 Å². The third kappa shape index (κ3) is 4.63. The van der Waals surface area contributed by atoms with Crippen LogP contribution in [0.4, 0.5) is 10.5 Å². The zero-order valence-electron chi connectivity index (χ0n) is 15.5. The lowest BCUT2D eigenvalue weighted by atomic mass is 9.95. The van der Waals surface area contributed by atoms with Gasteiger partial charge in [0.1, 0.15) is 0 Å². The van der Waals surface area contributed by atoms with Crippen molar-refractivity contribution >= 4 is 23.3 Å². The minimum atomic E-state index is -0.0223. The largest absolute Gasteiger partial charge is 0.324 e. The summed E-state index contributed by atoms with van der Waals surface area (Å²) in [5, 5.41) is 3.61. The number of fused-ring (bicyclic) bond motifs is 1. The molecule has 0 aromatic heterocycles. The Bertz CT molecular complexity index is 810. The van der Waals surface area contributed by atoms with Crippen molar-refractivity contribution in [2.75, 3.05) is 31.5 Å². The molecule has 1 saturated heterocycles. The van der Waals surface area contributed by atoms with E-state index >= 15 is 0 Å². The molecule has 4 rings (SSSR count). The van der Waals surface area contributed by atoms with Gasteiger partial charge >= 0.3 is 6.03 Å². The summed E-state index contributed by atoms with van der Waals surface area (Å²) in [4.78, 5) is 17.1. The quantitative estimate of drug-likeness (QED) is 0.837. The second-order valence-electron chi connectivity index (χ2n) is 7.65. The topological polar surface area (TPSA) is 35.6 Å². The second kappa shape index (κ2) is 8.32. The van der Waals surface area contributed by atoms with E-state index in [1.165, 1.54) is 17.5 Å². The lowest BCUT2D eigenvalue weighted by Gasteiger charge is -2.37. The number of rotatable bonds is 3. The lowest BCUT2D eigenvalue weighted by molar-refractivity contribution is 0.140. The van der Waals surface area contributed by atoms with E-state index in [1.54, 1.807) is 6.07 Å². The normalized spacial score (nSPS) is 20.2. The lowest BCUT2D eigenvalue weighted by Crippen LogP contribution is -2.46. The fourth-order valence-corrected chi connectivity index (χ4v) is 4.43. The molecule has 142 valence electrons. The maximum absolute atomic E-state index is 12.6. The van der Waals surface area contributed by atoms with Crippen LogP contribution in [-0.2, 0) is 13.0 Å². The Morgan fingerprint density at radius 2 is 1.96 bits per heavy atom. The van der Waals surface area contributed by atoms with Gasteiger partial charge in [0.25, 0.3) is 0 Å². The van der Waals surface area contributed by atoms with Gasteiger partial charge in [-0.1, -0.05) is 41.9 Å². The van der Waals surface area contributed by atoms with Crippen molar-refractivity contribution in [3.8, 4) is 0 Å². The van der Waals surface area contributed by atoms with Gasteiger partial charge in [0.05, 0.1) is 0 Å². The average Bonchev–Trinajstić information content (AvgIpc) is 2.68. The summed E-state index contributed by atoms with van der Waals surface area (Å²) in [6.07, 6.45) is 3.39. The molecule has 4 nitrogen and oxygen atoms in total. The summed E-state index contributed by atoms with van der Waals surface area (Å²) in [6, 6.07) is 16.0. The number of likely N-dealkylation sites (tertiary alicyclic amines) is 1. The summed E-state index contributed by atoms with van der Waals surface area (Å²) in [5.74, 6) is 0.536. The number of nitrogens with one attached hydrogen (secondary N) is 1. The van der Waals surface area contributed by atoms with Crippen molar-refractivity contribution in [3.63, 3.8) is 0 Å². The van der Waals surface area contributed by atoms with Gasteiger partial charge in [-0.3, -0.25) is 4.90 Å². The molecule has 2 aromatic carbocycles. The van der Waals surface area contributed by atoms with Crippen LogP contribution in [-0.4, -0.2) is 42.0 Å². The van der Waals surface area contributed by atoms with Crippen LogP contribution in [0, 0.1) is 5.92 Å². The van der Waals surface area contributed by atoms with Crippen LogP contribution in [0.25, 0.3) is 0 Å². The number of piperidine rings is 1. The summed E-state index contributed by atoms with van der Waals surface area (Å²) >= 11 is 6.01. The predicted octanol–water partition coefficient (Wildman–Crippen LogP) is 4.64. The van der Waals surface area contributed by atoms with Gasteiger partial charge in [-0.15, -0.1) is 0 Å². The van der Waals surface area contributed by atoms with E-state index in [4.69, 9.17) is 11.6 Å². The highest BCUT2D eigenvalue weighted by Crippen LogP contribution is 2.24. The molecule has 1 N–H and O–H groups in total. The zero-order chi connectivity index (χ0) is 18.6. The highest BCUT2D eigenvalue weighted by Gasteiger charge is 2.26. The molecule has 0 aliphatic carbocycles. The molecule has 1 fully saturated rings. The molecule has 0 unspecified atom stereocenters. The third-order valence-corrected chi connectivity index (χ3v) is 5.84. The van der Waals surface area contributed by atoms with E-state index in [-0.39, 0.29) is 6.03 Å². The van der Waals surface area contributed by atoms with Gasteiger partial charge in [0, 0.05) is 43.4 Å². The van der Waals surface area contributed by atoms with Crippen molar-refractivity contribution in [2.45, 2.75) is 25.8 Å². The van der Waals surface area contributed by atoms with Crippen LogP contribution < -0.4 is 5.32 Å². The highest BCUT2D eigenvalue weighted by atomic mass is 35.5. The van der Waals surface area contributed by atoms with Crippen molar-refractivity contribution in [3.05, 3.63) is 64.7 Å². The fourth-order valence-electron chi connectivity index (χ4n) is 4.24. The molecule has 2 heterocycles. The Morgan fingerprint density at radius 1 is 1.11 bits per heavy atom. The standard InChI is InChI=1S/C22H26ClN3O/c23-20-8-3-9-21(13-20)24-22(27)26-11-4-5-17(15-26)14-25-12-10-18-6-1-2-7-19(18)16-25/h1-3,6-9,13,17H,4-5,10-12,14-16H2,(H,24,27)/t17-/m1/s1. The van der Waals surface area contributed by atoms with E-state index in [1.807, 2.05) is 23.1 Å². The Morgan fingerprint density at radius 3 is 2.81 bits per heavy atom. The number of amides is 2. The maximum atomic E-state index is 12.6. The van der Waals surface area contributed by atoms with Crippen molar-refractivity contribution in [2.24, 2.45) is 5.92 Å². The van der Waals surface area contributed by atoms with Crippen LogP contribution >= 0.6 is 11.6 Å². The van der Waals surface area contributed by atoms with Gasteiger partial charge in [-0.2, -0.15) is 0 Å². The van der Waals surface area contributed by atoms with Crippen LogP contribution in [0.3, 0.4) is 0 Å². The number of carbonyl (C=O) groups excluding carboxylic acids is 1. The smallest absolute Gasteiger partial charge is 0.321 e. The van der Waals surface area contributed by atoms with Crippen molar-refractivity contribution in [1.29, 1.82) is 0 Å². The zero-order valence-corrected chi connectivity index (χ0v) is 16.3. The minimum absolute atomic E-state index is 0.0223. The van der Waals surface area contributed by atoms with E-state index in [0.717, 1.165) is 51.3 Å². The Hall–Kier alpha value is -2.04. The van der Waals surface area contributed by atoms with Crippen molar-refractivity contribution < 1.29 is 4.79 Å². The monoisotopic (exact) mass is 383 g/mol. The van der Waals surface area contributed by atoms with E-state index < -0.39 is 0 Å². The van der Waals surface area contributed by atoms with Crippen LogP contribution in [0.5, 0.6) is 0 Å². The molecule has 2 aliphatic heterocycles. The number of nitrogens with zero attached hydrogens (tertiary/aromatic N) is 2. The molecule has 2 amide bonds. The molecule has 5 heteroatoms. The maximum Gasteiger partial charge on any atom is 0.321 e. The second-order valence-corrected chi connectivity index (χ2v) is 8.09. The molecule has 0 bridgehead atoms. The minimum Gasteiger partial charge on any atom is -0.324 e. The third-order valence-electron chi connectivity index (χ3n) is 5.61. The van der Waals surface area contributed by atoms with Crippen LogP contribution in [0.2, 0.25) is 5.02 Å². The summed E-state index contributed by atoms with van der Waals surface area (Å²) in [6.45, 7) is 4.86. The van der Waals surface area contributed by atoms with Gasteiger partial charge in [-0.25, -0.2) is 4.79 Å². The number of benzene rings is 2. The average molecular weight is 384 g/mol. The van der Waals surface area contributed by atoms with E-state index in [9.17, 15) is 4.79 Å². The number of hydrogen-bond donors (Lipinski definition) is 1. The summed E-state index contributed by atoms with van der Waals surface area (Å²) in [5.41, 5.74) is 3.69. The first kappa shape index (κ1) is 18.3. The molecular weight excluding hydrogens is 358 g/mol. The summed E-state index contributed by atoms with van der Waals surface area (Å²) < 4.78 is 0. The SMILES string of the molecule is O=C(Nc1cccc(Cl)c1)N1CCC[C@H](CN2CCc3ccccc3C2)C1. The fraction of sp³-hybridized carbons (Fsp3) is 0.409. The predicted molar refractivity (Wildman–Crippen MR) is 110 cm³/mol. The number of hydrogen-bond acceptors (Lipinski definition) is 2. The summed E-state index contributed by atoms with van der Waals surface area (Å²) in [7, 11) is 0. The van der Waals surface area contributed by atoms with E-state index in [0.29, 0.717) is 10.9 Å². The molecule has 2 aromatic rings. The van der Waals surface area contributed by atoms with Gasteiger partial charge in [0.15, 0.2) is 0 Å². The molecule has 0 radical (unpaired) electrons. The Kier molecular flexibility index (Phi) is 5.65. The number of halogens is 1. The number of urea groups is 1. The molecule has 2 aliphatic rings. The first-order chi connectivity index (χ1) is 13.2. The number of carbonyl (C=O) groups is 1. The highest BCUT2D eigenvalue weighted by molar-refractivity contribution is 6.30. The Labute approximate surface area is 166 Å².